The topological polar surface area (TPSA) is 83.3 Å². The fourth-order valence-corrected chi connectivity index (χ4v) is 5.30. The average molecular weight is 458 g/mol. The first kappa shape index (κ1) is 22.4. The van der Waals surface area contributed by atoms with Gasteiger partial charge in [-0.1, -0.05) is 0 Å². The van der Waals surface area contributed by atoms with E-state index in [1.165, 1.54) is 30.4 Å². The van der Waals surface area contributed by atoms with Crippen molar-refractivity contribution in [3.8, 4) is 0 Å². The summed E-state index contributed by atoms with van der Waals surface area (Å²) < 4.78 is 10.4. The molecule has 0 spiro atoms. The highest BCUT2D eigenvalue weighted by molar-refractivity contribution is 7.15. The molecule has 1 aliphatic heterocycles. The summed E-state index contributed by atoms with van der Waals surface area (Å²) in [5, 5.41) is 0. The van der Waals surface area contributed by atoms with Crippen LogP contribution in [-0.4, -0.2) is 79.1 Å². The Hall–Kier alpha value is -2.75. The molecule has 0 atom stereocenters. The Kier molecular flexibility index (Phi) is 6.32. The van der Waals surface area contributed by atoms with E-state index in [1.54, 1.807) is 6.26 Å². The van der Waals surface area contributed by atoms with Crippen molar-refractivity contribution in [3.05, 3.63) is 56.4 Å². The number of likely N-dealkylation sites (N-methyl/N-ethyl adjacent to an activating group) is 1. The van der Waals surface area contributed by atoms with Gasteiger partial charge >= 0.3 is 0 Å². The number of fused-ring (bicyclic) bond motifs is 1. The number of rotatable bonds is 6. The van der Waals surface area contributed by atoms with Gasteiger partial charge in [-0.15, -0.1) is 11.3 Å². The molecular weight excluding hydrogens is 430 g/mol. The van der Waals surface area contributed by atoms with Crippen LogP contribution in [0.25, 0.3) is 0 Å². The van der Waals surface area contributed by atoms with Gasteiger partial charge in [0, 0.05) is 50.8 Å². The van der Waals surface area contributed by atoms with Gasteiger partial charge in [-0.25, -0.2) is 0 Å². The number of Topliss-reactive ketones (excluding diaryl/α,β-unsaturated/α-hetero) is 2. The Labute approximate surface area is 191 Å². The monoisotopic (exact) mass is 457 g/mol. The van der Waals surface area contributed by atoms with Crippen LogP contribution in [-0.2, 0) is 16.1 Å². The molecule has 0 unspecified atom stereocenters. The number of carbonyl (C=O) groups is 3. The standard InChI is InChI=1S/C23H27N3O5S/c1-14-15(2)32-23-18(14)21(28)20(19(22(23)29)24(3)17(27)13-30-4)26-9-7-25(8-10-26)12-16-6-5-11-31-16/h5-6,11H,7-10,12-13H2,1-4H3. The number of amides is 1. The van der Waals surface area contributed by atoms with Gasteiger partial charge in [0.25, 0.3) is 5.91 Å². The van der Waals surface area contributed by atoms with Gasteiger partial charge in [-0.3, -0.25) is 19.3 Å². The zero-order chi connectivity index (χ0) is 23.0. The molecule has 2 aromatic heterocycles. The molecular formula is C23H27N3O5S. The molecule has 3 heterocycles. The summed E-state index contributed by atoms with van der Waals surface area (Å²) in [5.74, 6) is 0.0565. The Bertz CT molecular complexity index is 1080. The number of thiophene rings is 1. The Balaban J connectivity index is 1.67. The summed E-state index contributed by atoms with van der Waals surface area (Å²) in [5.41, 5.74) is 1.77. The summed E-state index contributed by atoms with van der Waals surface area (Å²) >= 11 is 1.32. The van der Waals surface area contributed by atoms with Crippen molar-refractivity contribution in [2.45, 2.75) is 20.4 Å². The highest BCUT2D eigenvalue weighted by Crippen LogP contribution is 2.38. The normalized spacial score (nSPS) is 17.2. The minimum Gasteiger partial charge on any atom is -0.468 e. The van der Waals surface area contributed by atoms with E-state index in [9.17, 15) is 14.4 Å². The van der Waals surface area contributed by atoms with E-state index in [2.05, 4.69) is 4.90 Å². The van der Waals surface area contributed by atoms with E-state index in [1.807, 2.05) is 30.9 Å². The SMILES string of the molecule is COCC(=O)N(C)C1=C(N2CCN(Cc3ccco3)CC2)C(=O)c2c(sc(C)c2C)C1=O. The molecule has 170 valence electrons. The number of piperazine rings is 1. The molecule has 2 aromatic rings. The number of ketones is 2. The predicted molar refractivity (Wildman–Crippen MR) is 120 cm³/mol. The Morgan fingerprint density at radius 1 is 1.19 bits per heavy atom. The number of hydrogen-bond acceptors (Lipinski definition) is 8. The maximum absolute atomic E-state index is 13.7. The molecule has 0 aromatic carbocycles. The average Bonchev–Trinajstić information content (AvgIpc) is 3.39. The summed E-state index contributed by atoms with van der Waals surface area (Å²) in [7, 11) is 2.96. The van der Waals surface area contributed by atoms with Gasteiger partial charge in [-0.05, 0) is 31.5 Å². The van der Waals surface area contributed by atoms with Crippen LogP contribution < -0.4 is 0 Å². The zero-order valence-electron chi connectivity index (χ0n) is 18.8. The summed E-state index contributed by atoms with van der Waals surface area (Å²) in [6.07, 6.45) is 1.66. The van der Waals surface area contributed by atoms with Crippen molar-refractivity contribution in [2.24, 2.45) is 0 Å². The molecule has 4 rings (SSSR count). The Morgan fingerprint density at radius 3 is 2.53 bits per heavy atom. The third-order valence-corrected chi connectivity index (χ3v) is 7.30. The maximum Gasteiger partial charge on any atom is 0.252 e. The summed E-state index contributed by atoms with van der Waals surface area (Å²) in [6, 6.07) is 3.81. The van der Waals surface area contributed by atoms with Crippen LogP contribution in [0.3, 0.4) is 0 Å². The van der Waals surface area contributed by atoms with E-state index in [-0.39, 0.29) is 29.8 Å². The third-order valence-electron chi connectivity index (χ3n) is 6.10. The molecule has 8 nitrogen and oxygen atoms in total. The minimum absolute atomic E-state index is 0.144. The molecule has 1 amide bonds. The second kappa shape index (κ2) is 9.01. The second-order valence-electron chi connectivity index (χ2n) is 8.07. The summed E-state index contributed by atoms with van der Waals surface area (Å²) in [6.45, 7) is 6.88. The molecule has 0 saturated carbocycles. The van der Waals surface area contributed by atoms with Crippen LogP contribution >= 0.6 is 11.3 Å². The minimum atomic E-state index is -0.369. The predicted octanol–water partition coefficient (Wildman–Crippen LogP) is 2.47. The Morgan fingerprint density at radius 2 is 1.91 bits per heavy atom. The van der Waals surface area contributed by atoms with Crippen LogP contribution in [0.5, 0.6) is 0 Å². The van der Waals surface area contributed by atoms with Gasteiger partial charge in [0.15, 0.2) is 0 Å². The highest BCUT2D eigenvalue weighted by Gasteiger charge is 2.41. The largest absolute Gasteiger partial charge is 0.468 e. The van der Waals surface area contributed by atoms with Crippen molar-refractivity contribution >= 4 is 28.8 Å². The lowest BCUT2D eigenvalue weighted by atomic mass is 9.92. The number of allylic oxidation sites excluding steroid dienone is 2. The summed E-state index contributed by atoms with van der Waals surface area (Å²) in [4.78, 5) is 46.6. The first-order valence-corrected chi connectivity index (χ1v) is 11.3. The van der Waals surface area contributed by atoms with Crippen molar-refractivity contribution in [1.29, 1.82) is 0 Å². The number of hydrogen-bond donors (Lipinski definition) is 0. The first-order valence-electron chi connectivity index (χ1n) is 10.5. The molecule has 0 bridgehead atoms. The smallest absolute Gasteiger partial charge is 0.252 e. The number of carbonyl (C=O) groups excluding carboxylic acids is 3. The molecule has 32 heavy (non-hydrogen) atoms. The van der Waals surface area contributed by atoms with Crippen LogP contribution in [0.15, 0.2) is 34.2 Å². The fourth-order valence-electron chi connectivity index (χ4n) is 4.20. The van der Waals surface area contributed by atoms with E-state index in [0.29, 0.717) is 48.9 Å². The van der Waals surface area contributed by atoms with E-state index < -0.39 is 0 Å². The molecule has 1 saturated heterocycles. The zero-order valence-corrected chi connectivity index (χ0v) is 19.6. The van der Waals surface area contributed by atoms with Gasteiger partial charge < -0.3 is 19.0 Å². The van der Waals surface area contributed by atoms with Crippen LogP contribution in [0.1, 0.15) is 36.2 Å². The van der Waals surface area contributed by atoms with Crippen LogP contribution in [0, 0.1) is 13.8 Å². The fraction of sp³-hybridized carbons (Fsp3) is 0.435. The lowest BCUT2D eigenvalue weighted by Crippen LogP contribution is -2.49. The van der Waals surface area contributed by atoms with Gasteiger partial charge in [0.05, 0.1) is 17.7 Å². The number of aryl methyl sites for hydroxylation is 1. The van der Waals surface area contributed by atoms with Crippen molar-refractivity contribution in [3.63, 3.8) is 0 Å². The van der Waals surface area contributed by atoms with Crippen molar-refractivity contribution in [2.75, 3.05) is 46.9 Å². The maximum atomic E-state index is 13.7. The van der Waals surface area contributed by atoms with Gasteiger partial charge in [-0.2, -0.15) is 0 Å². The number of ether oxygens (including phenoxy) is 1. The third kappa shape index (κ3) is 3.92. The highest BCUT2D eigenvalue weighted by atomic mass is 32.1. The molecule has 1 aliphatic carbocycles. The quantitative estimate of drug-likeness (QED) is 0.659. The molecule has 1 fully saturated rings. The molecule has 0 N–H and O–H groups in total. The van der Waals surface area contributed by atoms with Crippen LogP contribution in [0.2, 0.25) is 0 Å². The van der Waals surface area contributed by atoms with Gasteiger partial charge in [0.2, 0.25) is 11.6 Å². The van der Waals surface area contributed by atoms with E-state index >= 15 is 0 Å². The van der Waals surface area contributed by atoms with Crippen molar-refractivity contribution in [1.82, 2.24) is 14.7 Å². The van der Waals surface area contributed by atoms with Gasteiger partial charge in [0.1, 0.15) is 23.8 Å². The molecule has 0 radical (unpaired) electrons. The number of furan rings is 1. The number of methoxy groups -OCH3 is 1. The second-order valence-corrected chi connectivity index (χ2v) is 9.30. The lowest BCUT2D eigenvalue weighted by Gasteiger charge is -2.39. The lowest BCUT2D eigenvalue weighted by molar-refractivity contribution is -0.131. The van der Waals surface area contributed by atoms with Crippen molar-refractivity contribution < 1.29 is 23.5 Å². The van der Waals surface area contributed by atoms with Crippen LogP contribution in [0.4, 0.5) is 0 Å². The van der Waals surface area contributed by atoms with E-state index in [4.69, 9.17) is 9.15 Å². The van der Waals surface area contributed by atoms with E-state index in [0.717, 1.165) is 16.2 Å². The number of nitrogens with zero attached hydrogens (tertiary/aromatic N) is 3. The first-order chi connectivity index (χ1) is 15.3. The molecule has 2 aliphatic rings. The molecule has 9 heteroatoms.